The molecule has 11 nitrogen and oxygen atoms in total. The van der Waals surface area contributed by atoms with Crippen LogP contribution in [0.2, 0.25) is 0 Å². The molecule has 0 fully saturated rings. The zero-order valence-electron chi connectivity index (χ0n) is 34.8. The van der Waals surface area contributed by atoms with Gasteiger partial charge in [0, 0.05) is 53.7 Å². The van der Waals surface area contributed by atoms with E-state index in [1.165, 1.54) is 36.0 Å². The lowest BCUT2D eigenvalue weighted by atomic mass is 9.99. The third kappa shape index (κ3) is 19.1. The molecule has 0 bridgehead atoms. The average Bonchev–Trinajstić information content (AvgIpc) is 2.98. The Bertz CT molecular complexity index is 1470. The van der Waals surface area contributed by atoms with E-state index in [1.54, 1.807) is 41.5 Å². The molecular formula is C40H68N2O9S2. The van der Waals surface area contributed by atoms with Crippen molar-refractivity contribution in [3.05, 3.63) is 35.4 Å². The standard InChI is InChI=1S/C40H68N2O9S2/c1-15-41-35(46)31(20-21-32(43)51-38(8,9)10)42-34(45)29-18-16-28(17-19-29)33(44)30(26-52-39(11,12)22-24-49-36(2,3)4)27-53(47,48)40(13,14)23-25-50-37(5,6)7/h16-19,30-31H,15,20-27H2,1-14H3,(H,41,46)(H,42,45)/t30?,31-/m0/s1. The van der Waals surface area contributed by atoms with Crippen LogP contribution in [0.25, 0.3) is 0 Å². The lowest BCUT2D eigenvalue weighted by Crippen LogP contribution is -2.47. The maximum atomic E-state index is 14.1. The number of hydrogen-bond donors (Lipinski definition) is 2. The number of ketones is 1. The second-order valence-electron chi connectivity index (χ2n) is 17.7. The summed E-state index contributed by atoms with van der Waals surface area (Å²) in [6.07, 6.45) is 0.941. The van der Waals surface area contributed by atoms with Crippen LogP contribution in [-0.4, -0.2) is 95.6 Å². The second kappa shape index (κ2) is 19.9. The Balaban J connectivity index is 3.27. The molecule has 2 N–H and O–H groups in total. The molecule has 0 aromatic heterocycles. The van der Waals surface area contributed by atoms with Crippen molar-refractivity contribution in [1.29, 1.82) is 0 Å². The summed E-state index contributed by atoms with van der Waals surface area (Å²) in [5.74, 6) is -2.75. The van der Waals surface area contributed by atoms with E-state index in [0.29, 0.717) is 19.6 Å². The maximum absolute atomic E-state index is 14.1. The molecule has 0 aliphatic heterocycles. The summed E-state index contributed by atoms with van der Waals surface area (Å²) in [6, 6.07) is 4.98. The highest BCUT2D eigenvalue weighted by Crippen LogP contribution is 2.33. The lowest BCUT2D eigenvalue weighted by Gasteiger charge is -2.31. The Morgan fingerprint density at radius 1 is 0.755 bits per heavy atom. The van der Waals surface area contributed by atoms with Crippen LogP contribution in [0, 0.1) is 5.92 Å². The van der Waals surface area contributed by atoms with Gasteiger partial charge < -0.3 is 24.8 Å². The molecule has 1 unspecified atom stereocenters. The summed E-state index contributed by atoms with van der Waals surface area (Å²) in [5, 5.41) is 5.38. The topological polar surface area (TPSA) is 154 Å². The summed E-state index contributed by atoms with van der Waals surface area (Å²) < 4.78 is 43.5. The lowest BCUT2D eigenvalue weighted by molar-refractivity contribution is -0.155. The number of sulfone groups is 1. The fourth-order valence-corrected chi connectivity index (χ4v) is 7.88. The predicted molar refractivity (Wildman–Crippen MR) is 214 cm³/mol. The number of rotatable bonds is 21. The molecule has 1 aromatic carbocycles. The Kier molecular flexibility index (Phi) is 18.2. The van der Waals surface area contributed by atoms with Gasteiger partial charge in [0.05, 0.1) is 21.7 Å². The van der Waals surface area contributed by atoms with Gasteiger partial charge in [-0.15, -0.1) is 0 Å². The fourth-order valence-electron chi connectivity index (χ4n) is 4.93. The van der Waals surface area contributed by atoms with Crippen molar-refractivity contribution in [3.63, 3.8) is 0 Å². The SMILES string of the molecule is CCNC(=O)[C@H](CCC(=O)OC(C)(C)C)NC(=O)c1ccc(C(=O)C(CSC(C)(C)CCOC(C)(C)C)CS(=O)(=O)C(C)(C)CCOC(C)(C)C)cc1. The number of thioether (sulfide) groups is 1. The molecule has 0 saturated heterocycles. The van der Waals surface area contributed by atoms with Crippen molar-refractivity contribution in [2.75, 3.05) is 31.3 Å². The van der Waals surface area contributed by atoms with Gasteiger partial charge >= 0.3 is 5.97 Å². The van der Waals surface area contributed by atoms with Crippen molar-refractivity contribution >= 4 is 45.2 Å². The van der Waals surface area contributed by atoms with Crippen molar-refractivity contribution < 1.29 is 41.8 Å². The number of likely N-dealkylation sites (N-methyl/N-ethyl adjacent to an activating group) is 1. The highest BCUT2D eigenvalue weighted by Gasteiger charge is 2.39. The second-order valence-corrected chi connectivity index (χ2v) is 22.1. The molecular weight excluding hydrogens is 717 g/mol. The summed E-state index contributed by atoms with van der Waals surface area (Å²) in [6.45, 7) is 27.3. The van der Waals surface area contributed by atoms with Crippen LogP contribution in [0.1, 0.15) is 143 Å². The van der Waals surface area contributed by atoms with Crippen molar-refractivity contribution in [1.82, 2.24) is 10.6 Å². The molecule has 2 amide bonds. The van der Waals surface area contributed by atoms with E-state index in [1.807, 2.05) is 41.5 Å². The minimum Gasteiger partial charge on any atom is -0.460 e. The molecule has 0 heterocycles. The molecule has 0 aliphatic carbocycles. The third-order valence-electron chi connectivity index (χ3n) is 8.25. The van der Waals surface area contributed by atoms with Crippen LogP contribution < -0.4 is 10.6 Å². The average molecular weight is 785 g/mol. The van der Waals surface area contributed by atoms with Crippen molar-refractivity contribution in [3.8, 4) is 0 Å². The maximum Gasteiger partial charge on any atom is 0.306 e. The fraction of sp³-hybridized carbons (Fsp3) is 0.750. The third-order valence-corrected chi connectivity index (χ3v) is 12.5. The largest absolute Gasteiger partial charge is 0.460 e. The Morgan fingerprint density at radius 2 is 1.26 bits per heavy atom. The summed E-state index contributed by atoms with van der Waals surface area (Å²) >= 11 is 1.54. The molecule has 0 spiro atoms. The normalized spacial score (nSPS) is 14.3. The first kappa shape index (κ1) is 48.5. The number of esters is 1. The smallest absolute Gasteiger partial charge is 0.306 e. The Labute approximate surface area is 324 Å². The molecule has 0 radical (unpaired) electrons. The van der Waals surface area contributed by atoms with Gasteiger partial charge in [0.25, 0.3) is 5.91 Å². The van der Waals surface area contributed by atoms with Crippen LogP contribution in [-0.2, 0) is 33.6 Å². The number of Topliss-reactive ketones (excluding diaryl/α,β-unsaturated/α-hetero) is 1. The van der Waals surface area contributed by atoms with Crippen molar-refractivity contribution in [2.24, 2.45) is 5.92 Å². The van der Waals surface area contributed by atoms with Gasteiger partial charge in [-0.25, -0.2) is 8.42 Å². The summed E-state index contributed by atoms with van der Waals surface area (Å²) in [5.41, 5.74) is -0.913. The van der Waals surface area contributed by atoms with E-state index in [9.17, 15) is 27.6 Å². The molecule has 0 saturated carbocycles. The summed E-state index contributed by atoms with van der Waals surface area (Å²) in [7, 11) is -3.78. The molecule has 2 atom stereocenters. The number of hydrogen-bond acceptors (Lipinski definition) is 10. The van der Waals surface area contributed by atoms with E-state index < -0.39 is 55.5 Å². The van der Waals surface area contributed by atoms with Crippen LogP contribution >= 0.6 is 11.8 Å². The molecule has 1 rings (SSSR count). The minimum absolute atomic E-state index is 0.0359. The Morgan fingerprint density at radius 3 is 1.75 bits per heavy atom. The van der Waals surface area contributed by atoms with Gasteiger partial charge in [0.15, 0.2) is 15.6 Å². The highest BCUT2D eigenvalue weighted by atomic mass is 32.2. The zero-order valence-corrected chi connectivity index (χ0v) is 36.5. The van der Waals surface area contributed by atoms with Crippen LogP contribution in [0.3, 0.4) is 0 Å². The van der Waals surface area contributed by atoms with Crippen molar-refractivity contribution in [2.45, 2.75) is 155 Å². The zero-order chi connectivity index (χ0) is 41.1. The number of ether oxygens (including phenoxy) is 3. The van der Waals surface area contributed by atoms with E-state index >= 15 is 0 Å². The highest BCUT2D eigenvalue weighted by molar-refractivity contribution is 8.00. The number of amides is 2. The molecule has 304 valence electrons. The number of nitrogens with one attached hydrogen (secondary N) is 2. The monoisotopic (exact) mass is 784 g/mol. The predicted octanol–water partition coefficient (Wildman–Crippen LogP) is 6.96. The minimum atomic E-state index is -3.78. The van der Waals surface area contributed by atoms with Crippen LogP contribution in [0.5, 0.6) is 0 Å². The van der Waals surface area contributed by atoms with E-state index in [2.05, 4.69) is 24.5 Å². The first-order valence-electron chi connectivity index (χ1n) is 18.6. The van der Waals surface area contributed by atoms with Gasteiger partial charge in [0.2, 0.25) is 5.91 Å². The number of carbonyl (C=O) groups is 4. The van der Waals surface area contributed by atoms with Gasteiger partial charge in [-0.1, -0.05) is 26.0 Å². The van der Waals surface area contributed by atoms with E-state index in [-0.39, 0.29) is 64.6 Å². The van der Waals surface area contributed by atoms with Gasteiger partial charge in [-0.3, -0.25) is 19.2 Å². The molecule has 1 aromatic rings. The van der Waals surface area contributed by atoms with Gasteiger partial charge in [0.1, 0.15) is 11.6 Å². The van der Waals surface area contributed by atoms with Crippen LogP contribution in [0.4, 0.5) is 0 Å². The molecule has 0 aliphatic rings. The quantitative estimate of drug-likeness (QED) is 0.0988. The van der Waals surface area contributed by atoms with Gasteiger partial charge in [-0.05, 0) is 114 Å². The molecule has 53 heavy (non-hydrogen) atoms. The van der Waals surface area contributed by atoms with E-state index in [4.69, 9.17) is 14.2 Å². The molecule has 13 heteroatoms. The Hall–Kier alpha value is -2.48. The van der Waals surface area contributed by atoms with Gasteiger partial charge in [-0.2, -0.15) is 11.8 Å². The van der Waals surface area contributed by atoms with Crippen LogP contribution in [0.15, 0.2) is 24.3 Å². The van der Waals surface area contributed by atoms with E-state index in [0.717, 1.165) is 0 Å². The number of carbonyl (C=O) groups excluding carboxylic acids is 4. The first-order chi connectivity index (χ1) is 24.0. The summed E-state index contributed by atoms with van der Waals surface area (Å²) in [4.78, 5) is 52.4. The first-order valence-corrected chi connectivity index (χ1v) is 21.2. The number of benzene rings is 1.